The topological polar surface area (TPSA) is 40.7 Å². The van der Waals surface area contributed by atoms with Crippen molar-refractivity contribution in [3.63, 3.8) is 0 Å². The molecule has 1 aliphatic rings. The zero-order chi connectivity index (χ0) is 6.97. The second-order valence-electron chi connectivity index (χ2n) is 2.84. The number of nitrogens with one attached hydrogen (secondary N) is 2. The van der Waals surface area contributed by atoms with Gasteiger partial charge in [-0.3, -0.25) is 5.10 Å². The first-order valence-corrected chi connectivity index (χ1v) is 3.61. The lowest BCUT2D eigenvalue weighted by Gasteiger charge is -2.18. The van der Waals surface area contributed by atoms with Crippen LogP contribution in [0.4, 0.5) is 0 Å². The zero-order valence-electron chi connectivity index (χ0n) is 6.02. The predicted molar refractivity (Wildman–Crippen MR) is 38.6 cm³/mol. The van der Waals surface area contributed by atoms with Crippen LogP contribution in [-0.4, -0.2) is 16.2 Å². The number of nitrogens with zero attached hydrogens (tertiary/aromatic N) is 1. The smallest absolute Gasteiger partial charge is 0.0682 e. The molecule has 3 nitrogen and oxygen atoms in total. The maximum absolute atomic E-state index is 4.14. The summed E-state index contributed by atoms with van der Waals surface area (Å²) in [6.07, 6.45) is 3.02. The summed E-state index contributed by atoms with van der Waals surface area (Å²) in [6, 6.07) is 0.579. The summed E-state index contributed by atoms with van der Waals surface area (Å²) in [5.74, 6) is 0. The third kappa shape index (κ3) is 0.827. The molecule has 1 unspecified atom stereocenters. The lowest BCUT2D eigenvalue weighted by Crippen LogP contribution is -2.32. The van der Waals surface area contributed by atoms with Gasteiger partial charge in [-0.15, -0.1) is 0 Å². The molecule has 2 N–H and O–H groups in total. The second kappa shape index (κ2) is 2.09. The van der Waals surface area contributed by atoms with Crippen molar-refractivity contribution in [3.8, 4) is 0 Å². The zero-order valence-corrected chi connectivity index (χ0v) is 6.02. The highest BCUT2D eigenvalue weighted by atomic mass is 15.1. The van der Waals surface area contributed by atoms with Gasteiger partial charge in [-0.2, -0.15) is 5.10 Å². The van der Waals surface area contributed by atoms with Crippen molar-refractivity contribution < 1.29 is 0 Å². The largest absolute Gasteiger partial charge is 0.310 e. The summed E-state index contributed by atoms with van der Waals surface area (Å²) < 4.78 is 0. The van der Waals surface area contributed by atoms with Gasteiger partial charge in [0.25, 0.3) is 0 Å². The van der Waals surface area contributed by atoms with Gasteiger partial charge in [0.2, 0.25) is 0 Å². The fourth-order valence-corrected chi connectivity index (χ4v) is 1.32. The minimum absolute atomic E-state index is 0.579. The molecule has 54 valence electrons. The Morgan fingerprint density at radius 2 is 2.60 bits per heavy atom. The van der Waals surface area contributed by atoms with Crippen molar-refractivity contribution in [2.24, 2.45) is 0 Å². The van der Waals surface area contributed by atoms with E-state index >= 15 is 0 Å². The van der Waals surface area contributed by atoms with Crippen LogP contribution < -0.4 is 5.32 Å². The van der Waals surface area contributed by atoms with Gasteiger partial charge in [0, 0.05) is 30.8 Å². The second-order valence-corrected chi connectivity index (χ2v) is 2.84. The Kier molecular flexibility index (Phi) is 1.24. The van der Waals surface area contributed by atoms with Gasteiger partial charge in [-0.1, -0.05) is 0 Å². The first-order chi connectivity index (χ1) is 4.86. The molecule has 1 aromatic heterocycles. The molecule has 1 aromatic rings. The number of aromatic nitrogens is 2. The number of hydrogen-bond acceptors (Lipinski definition) is 2. The van der Waals surface area contributed by atoms with E-state index < -0.39 is 0 Å². The number of H-pyrrole nitrogens is 1. The number of rotatable bonds is 0. The Morgan fingerprint density at radius 1 is 1.70 bits per heavy atom. The number of fused-ring (bicyclic) bond motifs is 1. The van der Waals surface area contributed by atoms with Crippen molar-refractivity contribution in [1.29, 1.82) is 0 Å². The van der Waals surface area contributed by atoms with Crippen molar-refractivity contribution in [2.75, 3.05) is 0 Å². The Bertz CT molecular complexity index is 229. The number of aromatic amines is 1. The van der Waals surface area contributed by atoms with Crippen LogP contribution in [0.2, 0.25) is 0 Å². The first kappa shape index (κ1) is 5.92. The van der Waals surface area contributed by atoms with Gasteiger partial charge in [0.05, 0.1) is 5.69 Å². The summed E-state index contributed by atoms with van der Waals surface area (Å²) in [6.45, 7) is 3.14. The average Bonchev–Trinajstić information content (AvgIpc) is 2.33. The molecule has 0 aromatic carbocycles. The van der Waals surface area contributed by atoms with E-state index in [0.29, 0.717) is 6.04 Å². The molecule has 1 atom stereocenters. The lowest BCUT2D eigenvalue weighted by molar-refractivity contribution is 0.509. The van der Waals surface area contributed by atoms with Gasteiger partial charge in [0.15, 0.2) is 0 Å². The van der Waals surface area contributed by atoms with E-state index in [1.807, 2.05) is 6.20 Å². The Morgan fingerprint density at radius 3 is 3.50 bits per heavy atom. The molecule has 10 heavy (non-hydrogen) atoms. The van der Waals surface area contributed by atoms with Crippen molar-refractivity contribution in [2.45, 2.75) is 25.9 Å². The van der Waals surface area contributed by atoms with Crippen LogP contribution >= 0.6 is 0 Å². The average molecular weight is 137 g/mol. The van der Waals surface area contributed by atoms with E-state index in [9.17, 15) is 0 Å². The summed E-state index contributed by atoms with van der Waals surface area (Å²) in [4.78, 5) is 0. The third-order valence-electron chi connectivity index (χ3n) is 1.95. The van der Waals surface area contributed by atoms with Gasteiger partial charge in [0.1, 0.15) is 0 Å². The van der Waals surface area contributed by atoms with E-state index in [1.54, 1.807) is 0 Å². The molecule has 0 saturated heterocycles. The molecular formula is C7H11N3. The van der Waals surface area contributed by atoms with Crippen LogP contribution in [0.1, 0.15) is 18.2 Å². The molecule has 0 bridgehead atoms. The molecule has 0 fully saturated rings. The lowest BCUT2D eigenvalue weighted by atomic mass is 10.1. The van der Waals surface area contributed by atoms with E-state index in [-0.39, 0.29) is 0 Å². The molecular weight excluding hydrogens is 126 g/mol. The minimum atomic E-state index is 0.579. The molecule has 0 amide bonds. The highest BCUT2D eigenvalue weighted by molar-refractivity contribution is 5.19. The first-order valence-electron chi connectivity index (χ1n) is 3.61. The number of hydrogen-bond donors (Lipinski definition) is 2. The quantitative estimate of drug-likeness (QED) is 0.545. The molecule has 3 heteroatoms. The highest BCUT2D eigenvalue weighted by Crippen LogP contribution is 2.11. The summed E-state index contributed by atoms with van der Waals surface area (Å²) in [5, 5.41) is 10.4. The van der Waals surface area contributed by atoms with Crippen molar-refractivity contribution in [3.05, 3.63) is 17.5 Å². The van der Waals surface area contributed by atoms with Gasteiger partial charge in [-0.25, -0.2) is 0 Å². The van der Waals surface area contributed by atoms with Gasteiger partial charge in [-0.05, 0) is 6.92 Å². The van der Waals surface area contributed by atoms with E-state index in [4.69, 9.17) is 0 Å². The normalized spacial score (nSPS) is 24.3. The summed E-state index contributed by atoms with van der Waals surface area (Å²) in [7, 11) is 0. The Labute approximate surface area is 59.8 Å². The Balaban J connectivity index is 2.30. The summed E-state index contributed by atoms with van der Waals surface area (Å²) >= 11 is 0. The third-order valence-corrected chi connectivity index (χ3v) is 1.95. The molecule has 1 aliphatic heterocycles. The maximum atomic E-state index is 4.14. The molecule has 2 rings (SSSR count). The van der Waals surface area contributed by atoms with Crippen LogP contribution in [-0.2, 0) is 13.0 Å². The van der Waals surface area contributed by atoms with Crippen LogP contribution in [0.3, 0.4) is 0 Å². The fraction of sp³-hybridized carbons (Fsp3) is 0.571. The standard InChI is InChI=1S/C7H11N3/c1-5-2-7-6(3-8-5)4-9-10-7/h4-5,8H,2-3H2,1H3,(H,9,10). The molecule has 0 aliphatic carbocycles. The SMILES string of the molecule is CC1Cc2n[nH]cc2CN1. The van der Waals surface area contributed by atoms with Crippen LogP contribution in [0, 0.1) is 0 Å². The van der Waals surface area contributed by atoms with Crippen molar-refractivity contribution >= 4 is 0 Å². The van der Waals surface area contributed by atoms with Crippen LogP contribution in [0.25, 0.3) is 0 Å². The van der Waals surface area contributed by atoms with E-state index in [1.165, 1.54) is 11.3 Å². The van der Waals surface area contributed by atoms with E-state index in [2.05, 4.69) is 22.4 Å². The molecule has 0 saturated carbocycles. The fourth-order valence-electron chi connectivity index (χ4n) is 1.32. The monoisotopic (exact) mass is 137 g/mol. The van der Waals surface area contributed by atoms with E-state index in [0.717, 1.165) is 13.0 Å². The molecule has 0 radical (unpaired) electrons. The highest BCUT2D eigenvalue weighted by Gasteiger charge is 2.15. The van der Waals surface area contributed by atoms with Crippen molar-refractivity contribution in [1.82, 2.24) is 15.5 Å². The summed E-state index contributed by atoms with van der Waals surface area (Å²) in [5.41, 5.74) is 2.55. The van der Waals surface area contributed by atoms with Crippen LogP contribution in [0.15, 0.2) is 6.20 Å². The molecule has 0 spiro atoms. The maximum Gasteiger partial charge on any atom is 0.0682 e. The van der Waals surface area contributed by atoms with Gasteiger partial charge < -0.3 is 5.32 Å². The predicted octanol–water partition coefficient (Wildman–Crippen LogP) is 0.444. The van der Waals surface area contributed by atoms with Gasteiger partial charge >= 0.3 is 0 Å². The Hall–Kier alpha value is -0.830. The minimum Gasteiger partial charge on any atom is -0.310 e. The van der Waals surface area contributed by atoms with Crippen LogP contribution in [0.5, 0.6) is 0 Å². The molecule has 2 heterocycles.